The van der Waals surface area contributed by atoms with Crippen LogP contribution in [0.3, 0.4) is 0 Å². The van der Waals surface area contributed by atoms with Crippen molar-refractivity contribution in [1.82, 2.24) is 0 Å². The van der Waals surface area contributed by atoms with Gasteiger partial charge in [0.25, 0.3) is 0 Å². The number of carbonyl (C=O) groups excluding carboxylic acids is 1. The van der Waals surface area contributed by atoms with Gasteiger partial charge in [-0.05, 0) is 35.4 Å². The summed E-state index contributed by atoms with van der Waals surface area (Å²) in [6.07, 6.45) is 1.75. The van der Waals surface area contributed by atoms with E-state index in [4.69, 9.17) is 9.47 Å². The summed E-state index contributed by atoms with van der Waals surface area (Å²) < 4.78 is 12.5. The number of hydrogen-bond acceptors (Lipinski definition) is 3. The van der Waals surface area contributed by atoms with Gasteiger partial charge in [0.2, 0.25) is 5.78 Å². The molecule has 0 saturated carbocycles. The minimum atomic E-state index is -0.120. The zero-order valence-electron chi connectivity index (χ0n) is 13.8. The Bertz CT molecular complexity index is 993. The van der Waals surface area contributed by atoms with Gasteiger partial charge in [0, 0.05) is 10.5 Å². The largest absolute Gasteiger partial charge is 0.489 e. The van der Waals surface area contributed by atoms with Crippen LogP contribution in [0.4, 0.5) is 0 Å². The number of halogens is 1. The fourth-order valence-corrected chi connectivity index (χ4v) is 3.13. The maximum Gasteiger partial charge on any atom is 0.231 e. The minimum Gasteiger partial charge on any atom is -0.489 e. The number of allylic oxidation sites excluding steroid dienone is 1. The molecule has 0 bridgehead atoms. The van der Waals surface area contributed by atoms with E-state index < -0.39 is 0 Å². The first-order valence-corrected chi connectivity index (χ1v) is 8.99. The molecule has 3 nitrogen and oxygen atoms in total. The van der Waals surface area contributed by atoms with Crippen LogP contribution in [0.1, 0.15) is 21.5 Å². The molecule has 0 radical (unpaired) electrons. The first-order chi connectivity index (χ1) is 12.7. The smallest absolute Gasteiger partial charge is 0.231 e. The van der Waals surface area contributed by atoms with Crippen LogP contribution in [0.5, 0.6) is 11.5 Å². The first kappa shape index (κ1) is 16.6. The summed E-state index contributed by atoms with van der Waals surface area (Å²) in [5.74, 6) is 1.39. The molecule has 0 N–H and O–H groups in total. The molecule has 0 aromatic heterocycles. The number of fused-ring (bicyclic) bond motifs is 1. The predicted molar refractivity (Wildman–Crippen MR) is 104 cm³/mol. The van der Waals surface area contributed by atoms with Crippen molar-refractivity contribution >= 4 is 27.8 Å². The highest BCUT2D eigenvalue weighted by molar-refractivity contribution is 9.10. The van der Waals surface area contributed by atoms with Crippen LogP contribution in [-0.2, 0) is 6.61 Å². The lowest BCUT2D eigenvalue weighted by Crippen LogP contribution is -1.98. The van der Waals surface area contributed by atoms with Gasteiger partial charge in [0.05, 0.1) is 5.56 Å². The Morgan fingerprint density at radius 3 is 2.54 bits per heavy atom. The van der Waals surface area contributed by atoms with Crippen molar-refractivity contribution < 1.29 is 14.3 Å². The van der Waals surface area contributed by atoms with Crippen molar-refractivity contribution in [2.24, 2.45) is 0 Å². The molecule has 0 spiro atoms. The monoisotopic (exact) mass is 406 g/mol. The average Bonchev–Trinajstić information content (AvgIpc) is 2.98. The van der Waals surface area contributed by atoms with E-state index in [9.17, 15) is 4.79 Å². The molecule has 0 saturated heterocycles. The van der Waals surface area contributed by atoms with Crippen molar-refractivity contribution in [2.75, 3.05) is 0 Å². The second-order valence-corrected chi connectivity index (χ2v) is 6.75. The number of carbonyl (C=O) groups is 1. The SMILES string of the molecule is O=C1/C(=C/c2ccccc2Br)Oc2cc(OCc3ccccc3)ccc21. The predicted octanol–water partition coefficient (Wildman–Crippen LogP) is 5.64. The summed E-state index contributed by atoms with van der Waals surface area (Å²) >= 11 is 3.48. The van der Waals surface area contributed by atoms with Crippen LogP contribution in [0.25, 0.3) is 6.08 Å². The first-order valence-electron chi connectivity index (χ1n) is 8.20. The number of hydrogen-bond donors (Lipinski definition) is 0. The lowest BCUT2D eigenvalue weighted by molar-refractivity contribution is 0.101. The standard InChI is InChI=1S/C22H15BrO3/c23-19-9-5-4-8-16(19)12-21-22(24)18-11-10-17(13-20(18)26-21)25-14-15-6-2-1-3-7-15/h1-13H,14H2/b21-12-. The fraction of sp³-hybridized carbons (Fsp3) is 0.0455. The molecule has 4 rings (SSSR count). The molecule has 0 atom stereocenters. The Labute approximate surface area is 160 Å². The van der Waals surface area contributed by atoms with Gasteiger partial charge >= 0.3 is 0 Å². The molecule has 1 aliphatic rings. The summed E-state index contributed by atoms with van der Waals surface area (Å²) in [4.78, 5) is 12.6. The molecule has 128 valence electrons. The van der Waals surface area contributed by atoms with E-state index in [-0.39, 0.29) is 5.78 Å². The Morgan fingerprint density at radius 1 is 0.962 bits per heavy atom. The van der Waals surface area contributed by atoms with E-state index in [0.29, 0.717) is 29.4 Å². The Kier molecular flexibility index (Phi) is 4.59. The van der Waals surface area contributed by atoms with Crippen LogP contribution in [-0.4, -0.2) is 5.78 Å². The molecule has 4 heteroatoms. The van der Waals surface area contributed by atoms with Crippen LogP contribution >= 0.6 is 15.9 Å². The minimum absolute atomic E-state index is 0.120. The van der Waals surface area contributed by atoms with Gasteiger partial charge in [-0.25, -0.2) is 0 Å². The zero-order chi connectivity index (χ0) is 17.9. The molecule has 26 heavy (non-hydrogen) atoms. The maximum atomic E-state index is 12.6. The maximum absolute atomic E-state index is 12.6. The lowest BCUT2D eigenvalue weighted by Gasteiger charge is -2.07. The highest BCUT2D eigenvalue weighted by Gasteiger charge is 2.27. The van der Waals surface area contributed by atoms with Gasteiger partial charge in [-0.15, -0.1) is 0 Å². The van der Waals surface area contributed by atoms with Gasteiger partial charge in [-0.2, -0.15) is 0 Å². The quantitative estimate of drug-likeness (QED) is 0.525. The second-order valence-electron chi connectivity index (χ2n) is 5.89. The molecule has 0 amide bonds. The molecule has 1 heterocycles. The van der Waals surface area contributed by atoms with Crippen LogP contribution < -0.4 is 9.47 Å². The van der Waals surface area contributed by atoms with Crippen LogP contribution in [0.15, 0.2) is 83.0 Å². The molecule has 0 aliphatic carbocycles. The molecular formula is C22H15BrO3. The zero-order valence-corrected chi connectivity index (χ0v) is 15.4. The van der Waals surface area contributed by atoms with Gasteiger partial charge in [-0.3, -0.25) is 4.79 Å². The summed E-state index contributed by atoms with van der Waals surface area (Å²) in [6, 6.07) is 22.9. The van der Waals surface area contributed by atoms with E-state index in [0.717, 1.165) is 15.6 Å². The Morgan fingerprint density at radius 2 is 1.73 bits per heavy atom. The third-order valence-corrected chi connectivity index (χ3v) is 4.80. The van der Waals surface area contributed by atoms with E-state index >= 15 is 0 Å². The molecular weight excluding hydrogens is 392 g/mol. The van der Waals surface area contributed by atoms with Crippen molar-refractivity contribution in [3.8, 4) is 11.5 Å². The number of ether oxygens (including phenoxy) is 2. The average molecular weight is 407 g/mol. The van der Waals surface area contributed by atoms with E-state index in [1.807, 2.05) is 54.6 Å². The van der Waals surface area contributed by atoms with Gasteiger partial charge in [0.15, 0.2) is 5.76 Å². The molecule has 3 aromatic rings. The number of Topliss-reactive ketones (excluding diaryl/α,β-unsaturated/α-hetero) is 1. The van der Waals surface area contributed by atoms with Crippen molar-refractivity contribution in [3.63, 3.8) is 0 Å². The van der Waals surface area contributed by atoms with Crippen molar-refractivity contribution in [1.29, 1.82) is 0 Å². The van der Waals surface area contributed by atoms with Gasteiger partial charge in [-0.1, -0.05) is 64.5 Å². The summed E-state index contributed by atoms with van der Waals surface area (Å²) in [5.41, 5.74) is 2.53. The highest BCUT2D eigenvalue weighted by atomic mass is 79.9. The highest BCUT2D eigenvalue weighted by Crippen LogP contribution is 2.35. The second kappa shape index (κ2) is 7.18. The fourth-order valence-electron chi connectivity index (χ4n) is 2.73. The van der Waals surface area contributed by atoms with E-state index in [2.05, 4.69) is 15.9 Å². The summed E-state index contributed by atoms with van der Waals surface area (Å²) in [6.45, 7) is 0.466. The normalized spacial score (nSPS) is 14.2. The molecule has 0 unspecified atom stereocenters. The Hall–Kier alpha value is -2.85. The van der Waals surface area contributed by atoms with Crippen LogP contribution in [0, 0.1) is 0 Å². The van der Waals surface area contributed by atoms with Crippen LogP contribution in [0.2, 0.25) is 0 Å². The third kappa shape index (κ3) is 3.41. The molecule has 3 aromatic carbocycles. The topological polar surface area (TPSA) is 35.5 Å². The summed E-state index contributed by atoms with van der Waals surface area (Å²) in [7, 11) is 0. The van der Waals surface area contributed by atoms with Gasteiger partial charge in [0.1, 0.15) is 18.1 Å². The number of ketones is 1. The summed E-state index contributed by atoms with van der Waals surface area (Å²) in [5, 5.41) is 0. The third-order valence-electron chi connectivity index (χ3n) is 4.08. The number of benzene rings is 3. The number of rotatable bonds is 4. The lowest BCUT2D eigenvalue weighted by atomic mass is 10.1. The van der Waals surface area contributed by atoms with E-state index in [1.54, 1.807) is 24.3 Å². The Balaban J connectivity index is 1.54. The van der Waals surface area contributed by atoms with Crippen molar-refractivity contribution in [2.45, 2.75) is 6.61 Å². The van der Waals surface area contributed by atoms with E-state index in [1.165, 1.54) is 0 Å². The van der Waals surface area contributed by atoms with Crippen molar-refractivity contribution in [3.05, 3.63) is 99.7 Å². The molecule has 1 aliphatic heterocycles. The molecule has 0 fully saturated rings. The van der Waals surface area contributed by atoms with Gasteiger partial charge < -0.3 is 9.47 Å².